The Labute approximate surface area is 140 Å². The van der Waals surface area contributed by atoms with E-state index in [1.54, 1.807) is 18.4 Å². The quantitative estimate of drug-likeness (QED) is 0.881. The number of amides is 1. The number of methoxy groups -OCH3 is 1. The summed E-state index contributed by atoms with van der Waals surface area (Å²) in [4.78, 5) is 17.1. The fourth-order valence-electron chi connectivity index (χ4n) is 2.97. The maximum absolute atomic E-state index is 12.4. The van der Waals surface area contributed by atoms with Gasteiger partial charge in [0.25, 0.3) is 0 Å². The molecule has 0 unspecified atom stereocenters. The third kappa shape index (κ3) is 3.46. The summed E-state index contributed by atoms with van der Waals surface area (Å²) in [6.07, 6.45) is 2.93. The SMILES string of the molecule is COCC1(C(=O)NCc2csc(-c3cccc(C)c3)n2)CCC1. The van der Waals surface area contributed by atoms with Gasteiger partial charge in [0.1, 0.15) is 5.01 Å². The number of carbonyl (C=O) groups is 1. The molecule has 0 bridgehead atoms. The lowest BCUT2D eigenvalue weighted by atomic mass is 9.68. The smallest absolute Gasteiger partial charge is 0.228 e. The van der Waals surface area contributed by atoms with Gasteiger partial charge in [-0.25, -0.2) is 4.98 Å². The van der Waals surface area contributed by atoms with Gasteiger partial charge in [-0.2, -0.15) is 0 Å². The van der Waals surface area contributed by atoms with E-state index in [0.29, 0.717) is 13.2 Å². The van der Waals surface area contributed by atoms with Crippen LogP contribution in [0.5, 0.6) is 0 Å². The van der Waals surface area contributed by atoms with E-state index in [1.165, 1.54) is 5.56 Å². The van der Waals surface area contributed by atoms with Crippen LogP contribution in [-0.2, 0) is 16.1 Å². The summed E-state index contributed by atoms with van der Waals surface area (Å²) in [7, 11) is 1.65. The molecule has 1 heterocycles. The number of hydrogen-bond acceptors (Lipinski definition) is 4. The highest BCUT2D eigenvalue weighted by Gasteiger charge is 2.43. The molecule has 3 rings (SSSR count). The summed E-state index contributed by atoms with van der Waals surface area (Å²) in [6.45, 7) is 3.06. The van der Waals surface area contributed by atoms with Crippen LogP contribution in [0.25, 0.3) is 10.6 Å². The predicted octanol–water partition coefficient (Wildman–Crippen LogP) is 3.55. The van der Waals surface area contributed by atoms with Crippen molar-refractivity contribution >= 4 is 17.2 Å². The lowest BCUT2D eigenvalue weighted by Crippen LogP contribution is -2.48. The first-order chi connectivity index (χ1) is 11.1. The van der Waals surface area contributed by atoms with Crippen LogP contribution in [0.1, 0.15) is 30.5 Å². The molecule has 0 atom stereocenters. The van der Waals surface area contributed by atoms with Crippen molar-refractivity contribution in [1.29, 1.82) is 0 Å². The lowest BCUT2D eigenvalue weighted by Gasteiger charge is -2.39. The Morgan fingerprint density at radius 2 is 2.26 bits per heavy atom. The number of benzene rings is 1. The van der Waals surface area contributed by atoms with Crippen molar-refractivity contribution in [3.63, 3.8) is 0 Å². The monoisotopic (exact) mass is 330 g/mol. The van der Waals surface area contributed by atoms with E-state index in [-0.39, 0.29) is 11.3 Å². The largest absolute Gasteiger partial charge is 0.384 e. The maximum Gasteiger partial charge on any atom is 0.228 e. The normalized spacial score (nSPS) is 15.9. The van der Waals surface area contributed by atoms with Crippen LogP contribution < -0.4 is 5.32 Å². The van der Waals surface area contributed by atoms with Crippen molar-refractivity contribution in [2.24, 2.45) is 5.41 Å². The van der Waals surface area contributed by atoms with Crippen LogP contribution >= 0.6 is 11.3 Å². The molecule has 0 aliphatic heterocycles. The number of aryl methyl sites for hydroxylation is 1. The molecule has 1 aromatic carbocycles. The van der Waals surface area contributed by atoms with Gasteiger partial charge < -0.3 is 10.1 Å². The summed E-state index contributed by atoms with van der Waals surface area (Å²) < 4.78 is 5.22. The van der Waals surface area contributed by atoms with Crippen molar-refractivity contribution in [3.05, 3.63) is 40.9 Å². The molecule has 2 aromatic rings. The fourth-order valence-corrected chi connectivity index (χ4v) is 3.79. The van der Waals surface area contributed by atoms with Crippen LogP contribution in [0.3, 0.4) is 0 Å². The number of nitrogens with zero attached hydrogens (tertiary/aromatic N) is 1. The number of ether oxygens (including phenoxy) is 1. The minimum atomic E-state index is -0.315. The van der Waals surface area contributed by atoms with Crippen LogP contribution in [-0.4, -0.2) is 24.6 Å². The third-order valence-electron chi connectivity index (χ3n) is 4.46. The van der Waals surface area contributed by atoms with Gasteiger partial charge in [-0.15, -0.1) is 11.3 Å². The molecule has 1 fully saturated rings. The Morgan fingerprint density at radius 1 is 1.43 bits per heavy atom. The Morgan fingerprint density at radius 3 is 2.91 bits per heavy atom. The van der Waals surface area contributed by atoms with Gasteiger partial charge >= 0.3 is 0 Å². The van der Waals surface area contributed by atoms with Gasteiger partial charge in [-0.1, -0.05) is 30.2 Å². The van der Waals surface area contributed by atoms with E-state index in [9.17, 15) is 4.79 Å². The molecule has 0 radical (unpaired) electrons. The Hall–Kier alpha value is -1.72. The standard InChI is InChI=1S/C18H22N2O2S/c1-13-5-3-6-14(9-13)16-20-15(11-23-16)10-19-17(21)18(12-22-2)7-4-8-18/h3,5-6,9,11H,4,7-8,10,12H2,1-2H3,(H,19,21). The molecular formula is C18H22N2O2S. The van der Waals surface area contributed by atoms with Gasteiger partial charge in [0, 0.05) is 18.1 Å². The van der Waals surface area contributed by atoms with E-state index in [1.807, 2.05) is 11.4 Å². The van der Waals surface area contributed by atoms with Crippen molar-refractivity contribution < 1.29 is 9.53 Å². The van der Waals surface area contributed by atoms with Gasteiger partial charge in [0.15, 0.2) is 0 Å². The number of nitrogens with one attached hydrogen (secondary N) is 1. The second-order valence-electron chi connectivity index (χ2n) is 6.26. The number of carbonyl (C=O) groups excluding carboxylic acids is 1. The van der Waals surface area contributed by atoms with E-state index in [0.717, 1.165) is 35.5 Å². The summed E-state index contributed by atoms with van der Waals surface area (Å²) in [6, 6.07) is 8.31. The molecule has 1 amide bonds. The van der Waals surface area contributed by atoms with Crippen molar-refractivity contribution in [2.75, 3.05) is 13.7 Å². The molecule has 122 valence electrons. The van der Waals surface area contributed by atoms with Crippen LogP contribution in [0.15, 0.2) is 29.6 Å². The Balaban J connectivity index is 1.62. The second kappa shape index (κ2) is 6.81. The minimum absolute atomic E-state index is 0.0932. The highest BCUT2D eigenvalue weighted by molar-refractivity contribution is 7.13. The second-order valence-corrected chi connectivity index (χ2v) is 7.12. The molecule has 1 aliphatic rings. The third-order valence-corrected chi connectivity index (χ3v) is 5.40. The van der Waals surface area contributed by atoms with E-state index in [2.05, 4.69) is 35.4 Å². The van der Waals surface area contributed by atoms with Crippen molar-refractivity contribution in [1.82, 2.24) is 10.3 Å². The van der Waals surface area contributed by atoms with E-state index in [4.69, 9.17) is 4.74 Å². The van der Waals surface area contributed by atoms with Gasteiger partial charge in [-0.3, -0.25) is 4.79 Å². The van der Waals surface area contributed by atoms with Gasteiger partial charge in [-0.05, 0) is 25.8 Å². The molecule has 1 N–H and O–H groups in total. The number of rotatable bonds is 6. The topological polar surface area (TPSA) is 51.2 Å². The maximum atomic E-state index is 12.4. The van der Waals surface area contributed by atoms with Crippen molar-refractivity contribution in [3.8, 4) is 10.6 Å². The summed E-state index contributed by atoms with van der Waals surface area (Å²) >= 11 is 1.61. The number of thiazole rings is 1. The molecular weight excluding hydrogens is 308 g/mol. The molecule has 0 saturated heterocycles. The van der Waals surface area contributed by atoms with Gasteiger partial charge in [0.2, 0.25) is 5.91 Å². The fraction of sp³-hybridized carbons (Fsp3) is 0.444. The highest BCUT2D eigenvalue weighted by atomic mass is 32.1. The first-order valence-corrected chi connectivity index (χ1v) is 8.80. The average Bonchev–Trinajstić information content (AvgIpc) is 2.97. The summed E-state index contributed by atoms with van der Waals surface area (Å²) in [5, 5.41) is 6.04. The molecule has 0 spiro atoms. The number of aromatic nitrogens is 1. The van der Waals surface area contributed by atoms with E-state index >= 15 is 0 Å². The lowest BCUT2D eigenvalue weighted by molar-refractivity contribution is -0.140. The molecule has 1 saturated carbocycles. The average molecular weight is 330 g/mol. The van der Waals surface area contributed by atoms with Crippen LogP contribution in [0.2, 0.25) is 0 Å². The zero-order chi connectivity index (χ0) is 16.3. The summed E-state index contributed by atoms with van der Waals surface area (Å²) in [5.74, 6) is 0.0932. The zero-order valence-electron chi connectivity index (χ0n) is 13.6. The van der Waals surface area contributed by atoms with Crippen molar-refractivity contribution in [2.45, 2.75) is 32.7 Å². The van der Waals surface area contributed by atoms with Crippen LogP contribution in [0, 0.1) is 12.3 Å². The first kappa shape index (κ1) is 16.1. The Bertz CT molecular complexity index is 692. The number of hydrogen-bond donors (Lipinski definition) is 1. The van der Waals surface area contributed by atoms with Gasteiger partial charge in [0.05, 0.1) is 24.3 Å². The highest BCUT2D eigenvalue weighted by Crippen LogP contribution is 2.41. The zero-order valence-corrected chi connectivity index (χ0v) is 14.4. The molecule has 1 aromatic heterocycles. The Kier molecular flexibility index (Phi) is 4.78. The first-order valence-electron chi connectivity index (χ1n) is 7.92. The molecule has 23 heavy (non-hydrogen) atoms. The van der Waals surface area contributed by atoms with Crippen LogP contribution in [0.4, 0.5) is 0 Å². The predicted molar refractivity (Wildman–Crippen MR) is 92.3 cm³/mol. The molecule has 5 heteroatoms. The summed E-state index contributed by atoms with van der Waals surface area (Å²) in [5.41, 5.74) is 2.94. The molecule has 4 nitrogen and oxygen atoms in total. The molecule has 1 aliphatic carbocycles. The van der Waals surface area contributed by atoms with E-state index < -0.39 is 0 Å². The minimum Gasteiger partial charge on any atom is -0.384 e.